The Morgan fingerprint density at radius 3 is 2.50 bits per heavy atom. The number of non-ortho nitro benzene ring substituents is 1. The first-order valence-electron chi connectivity index (χ1n) is 8.70. The van der Waals surface area contributed by atoms with Crippen LogP contribution in [0.25, 0.3) is 0 Å². The van der Waals surface area contributed by atoms with Crippen molar-refractivity contribution in [1.82, 2.24) is 25.6 Å². The summed E-state index contributed by atoms with van der Waals surface area (Å²) in [4.78, 5) is 35.2. The first-order chi connectivity index (χ1) is 15.2. The molecule has 0 fully saturated rings. The molecule has 2 aromatic carbocycles. The van der Waals surface area contributed by atoms with Gasteiger partial charge in [-0.25, -0.2) is 5.43 Å². The van der Waals surface area contributed by atoms with Crippen LogP contribution in [-0.2, 0) is 6.54 Å². The van der Waals surface area contributed by atoms with Gasteiger partial charge in [0.2, 0.25) is 0 Å². The van der Waals surface area contributed by atoms with E-state index in [1.165, 1.54) is 30.8 Å². The Balaban J connectivity index is 1.74. The van der Waals surface area contributed by atoms with Crippen molar-refractivity contribution < 1.29 is 14.6 Å². The fourth-order valence-corrected chi connectivity index (χ4v) is 3.38. The Bertz CT molecular complexity index is 1210. The maximum Gasteiger partial charge on any atom is 0.514 e. The van der Waals surface area contributed by atoms with Gasteiger partial charge in [0, 0.05) is 37.7 Å². The van der Waals surface area contributed by atoms with Gasteiger partial charge in [-0.2, -0.15) is 5.10 Å². The van der Waals surface area contributed by atoms with Gasteiger partial charge < -0.3 is 10.1 Å². The lowest BCUT2D eigenvalue weighted by Crippen LogP contribution is -2.21. The van der Waals surface area contributed by atoms with E-state index in [-0.39, 0.29) is 17.8 Å². The standard InChI is InChI=1S/C17H13ClN8O5S/c1-10(9-24-22-17(21-23-24)26(30)31)19-20-16(27)11-6-13(25(28)29)8-15(7-11)32-14-4-2-12(18)3-5-14/h2-8H,9H2,1H3,(H,20,27)/b19-10-. The summed E-state index contributed by atoms with van der Waals surface area (Å²) < 4.78 is 0. The first kappa shape index (κ1) is 22.8. The summed E-state index contributed by atoms with van der Waals surface area (Å²) in [5.41, 5.74) is 2.38. The predicted molar refractivity (Wildman–Crippen MR) is 114 cm³/mol. The monoisotopic (exact) mass is 476 g/mol. The molecule has 0 saturated carbocycles. The molecule has 1 amide bonds. The fraction of sp³-hybridized carbons (Fsp3) is 0.118. The maximum absolute atomic E-state index is 12.5. The number of benzene rings is 2. The number of halogens is 1. The number of amides is 1. The molecule has 15 heteroatoms. The van der Waals surface area contributed by atoms with Gasteiger partial charge in [0.15, 0.2) is 0 Å². The SMILES string of the molecule is C/C(Cn1nnc([N+](=O)[O-])n1)=N/NC(=O)c1cc(Sc2ccc(Cl)cc2)cc([N+](=O)[O-])c1. The average molecular weight is 477 g/mol. The molecule has 0 aliphatic heterocycles. The molecule has 0 aliphatic rings. The van der Waals surface area contributed by atoms with Gasteiger partial charge in [0.1, 0.15) is 6.54 Å². The van der Waals surface area contributed by atoms with Crippen LogP contribution in [0.15, 0.2) is 57.4 Å². The van der Waals surface area contributed by atoms with E-state index >= 15 is 0 Å². The van der Waals surface area contributed by atoms with Gasteiger partial charge in [0.25, 0.3) is 11.6 Å². The number of tetrazole rings is 1. The Kier molecular flexibility index (Phi) is 7.07. The van der Waals surface area contributed by atoms with Crippen molar-refractivity contribution in [2.24, 2.45) is 5.10 Å². The molecular formula is C17H13ClN8O5S. The molecule has 0 radical (unpaired) electrons. The number of hydrogen-bond donors (Lipinski definition) is 1. The van der Waals surface area contributed by atoms with Crippen LogP contribution in [0, 0.1) is 20.2 Å². The molecule has 1 heterocycles. The first-order valence-corrected chi connectivity index (χ1v) is 9.89. The van der Waals surface area contributed by atoms with Gasteiger partial charge in [-0.3, -0.25) is 14.9 Å². The van der Waals surface area contributed by atoms with Crippen molar-refractivity contribution in [1.29, 1.82) is 0 Å². The lowest BCUT2D eigenvalue weighted by atomic mass is 10.2. The van der Waals surface area contributed by atoms with Gasteiger partial charge >= 0.3 is 5.95 Å². The van der Waals surface area contributed by atoms with Crippen LogP contribution in [0.5, 0.6) is 0 Å². The third-order valence-electron chi connectivity index (χ3n) is 3.74. The largest absolute Gasteiger partial charge is 0.514 e. The minimum Gasteiger partial charge on any atom is -0.390 e. The van der Waals surface area contributed by atoms with Crippen molar-refractivity contribution in [2.45, 2.75) is 23.3 Å². The highest BCUT2D eigenvalue weighted by molar-refractivity contribution is 7.99. The molecule has 1 aromatic heterocycles. The predicted octanol–water partition coefficient (Wildman–Crippen LogP) is 3.10. The van der Waals surface area contributed by atoms with Crippen LogP contribution in [0.4, 0.5) is 11.6 Å². The normalized spacial score (nSPS) is 11.2. The molecule has 3 aromatic rings. The molecule has 13 nitrogen and oxygen atoms in total. The Hall–Kier alpha value is -3.91. The summed E-state index contributed by atoms with van der Waals surface area (Å²) in [6.45, 7) is 1.47. The van der Waals surface area contributed by atoms with E-state index in [1.807, 2.05) is 0 Å². The fourth-order valence-electron chi connectivity index (χ4n) is 2.34. The quantitative estimate of drug-likeness (QED) is 0.291. The number of nitrogens with one attached hydrogen (secondary N) is 1. The van der Waals surface area contributed by atoms with Gasteiger partial charge in [-0.1, -0.05) is 28.2 Å². The zero-order valence-electron chi connectivity index (χ0n) is 16.2. The second kappa shape index (κ2) is 9.93. The Morgan fingerprint density at radius 1 is 1.16 bits per heavy atom. The highest BCUT2D eigenvalue weighted by atomic mass is 35.5. The van der Waals surface area contributed by atoms with Gasteiger partial charge in [-0.05, 0) is 42.2 Å². The highest BCUT2D eigenvalue weighted by Gasteiger charge is 2.17. The highest BCUT2D eigenvalue weighted by Crippen LogP contribution is 2.32. The topological polar surface area (TPSA) is 171 Å². The molecule has 32 heavy (non-hydrogen) atoms. The molecular weight excluding hydrogens is 464 g/mol. The second-order valence-corrected chi connectivity index (χ2v) is 7.78. The van der Waals surface area contributed by atoms with E-state index in [0.717, 1.165) is 15.8 Å². The maximum atomic E-state index is 12.5. The van der Waals surface area contributed by atoms with Crippen LogP contribution in [0.1, 0.15) is 17.3 Å². The molecule has 0 spiro atoms. The Labute approximate surface area is 188 Å². The third kappa shape index (κ3) is 6.05. The molecule has 0 bridgehead atoms. The number of rotatable bonds is 8. The number of aromatic nitrogens is 4. The molecule has 0 atom stereocenters. The smallest absolute Gasteiger partial charge is 0.390 e. The van der Waals surface area contributed by atoms with Crippen molar-refractivity contribution in [3.8, 4) is 0 Å². The molecule has 1 N–H and O–H groups in total. The van der Waals surface area contributed by atoms with E-state index < -0.39 is 21.7 Å². The molecule has 164 valence electrons. The van der Waals surface area contributed by atoms with E-state index in [9.17, 15) is 25.0 Å². The number of hydrogen-bond acceptors (Lipinski definition) is 10. The average Bonchev–Trinajstić information content (AvgIpc) is 3.22. The second-order valence-electron chi connectivity index (χ2n) is 6.19. The number of carbonyl (C=O) groups excluding carboxylic acids is 1. The summed E-state index contributed by atoms with van der Waals surface area (Å²) in [7, 11) is 0. The lowest BCUT2D eigenvalue weighted by Gasteiger charge is -2.06. The van der Waals surface area contributed by atoms with E-state index in [4.69, 9.17) is 11.6 Å². The van der Waals surface area contributed by atoms with Crippen LogP contribution < -0.4 is 5.43 Å². The Morgan fingerprint density at radius 2 is 1.88 bits per heavy atom. The zero-order chi connectivity index (χ0) is 23.3. The lowest BCUT2D eigenvalue weighted by molar-refractivity contribution is -0.394. The summed E-state index contributed by atoms with van der Waals surface area (Å²) in [6.07, 6.45) is 0. The van der Waals surface area contributed by atoms with Crippen LogP contribution in [-0.4, -0.2) is 41.7 Å². The number of nitrogens with zero attached hydrogens (tertiary/aromatic N) is 7. The third-order valence-corrected chi connectivity index (χ3v) is 4.97. The van der Waals surface area contributed by atoms with Gasteiger partial charge in [0.05, 0.1) is 20.8 Å². The summed E-state index contributed by atoms with van der Waals surface area (Å²) in [5.74, 6) is -1.34. The molecule has 3 rings (SSSR count). The number of hydrazone groups is 1. The van der Waals surface area contributed by atoms with Crippen molar-refractivity contribution in [3.63, 3.8) is 0 Å². The van der Waals surface area contributed by atoms with E-state index in [1.54, 1.807) is 24.3 Å². The summed E-state index contributed by atoms with van der Waals surface area (Å²) >= 11 is 7.10. The van der Waals surface area contributed by atoms with Crippen molar-refractivity contribution >= 4 is 46.6 Å². The minimum atomic E-state index is -0.792. The minimum absolute atomic E-state index is 0.0294. The van der Waals surface area contributed by atoms with Crippen LogP contribution in [0.3, 0.4) is 0 Å². The van der Waals surface area contributed by atoms with Crippen molar-refractivity contribution in [3.05, 3.63) is 73.3 Å². The molecule has 0 saturated heterocycles. The molecule has 0 aliphatic carbocycles. The summed E-state index contributed by atoms with van der Waals surface area (Å²) in [6, 6.07) is 10.9. The van der Waals surface area contributed by atoms with Crippen molar-refractivity contribution in [2.75, 3.05) is 0 Å². The summed E-state index contributed by atoms with van der Waals surface area (Å²) in [5, 5.41) is 36.6. The van der Waals surface area contributed by atoms with E-state index in [0.29, 0.717) is 15.6 Å². The number of carbonyl (C=O) groups is 1. The van der Waals surface area contributed by atoms with E-state index in [2.05, 4.69) is 25.9 Å². The zero-order valence-corrected chi connectivity index (χ0v) is 17.8. The van der Waals surface area contributed by atoms with Crippen LogP contribution >= 0.6 is 23.4 Å². The number of nitro benzene ring substituents is 1. The number of nitro groups is 2. The molecule has 0 unspecified atom stereocenters. The van der Waals surface area contributed by atoms with Gasteiger partial charge in [-0.15, -0.1) is 0 Å². The van der Waals surface area contributed by atoms with Crippen LogP contribution in [0.2, 0.25) is 5.02 Å².